The molecule has 1 saturated carbocycles. The molecule has 0 atom stereocenters. The molecule has 1 fully saturated rings. The van der Waals surface area contributed by atoms with Gasteiger partial charge in [0.2, 0.25) is 5.89 Å². The lowest BCUT2D eigenvalue weighted by molar-refractivity contribution is 0.0678. The number of hydrogen-bond donors (Lipinski definition) is 0. The molecule has 0 N–H and O–H groups in total. The van der Waals surface area contributed by atoms with Gasteiger partial charge in [-0.15, -0.1) is 10.2 Å². The lowest BCUT2D eigenvalue weighted by Crippen LogP contribution is -2.04. The summed E-state index contributed by atoms with van der Waals surface area (Å²) in [4.78, 5) is 3.92. The fraction of sp³-hybridized carbons (Fsp3) is 0.615. The van der Waals surface area contributed by atoms with E-state index < -0.39 is 6.55 Å². The maximum atomic E-state index is 12.7. The van der Waals surface area contributed by atoms with Crippen molar-refractivity contribution in [3.8, 4) is 0 Å². The summed E-state index contributed by atoms with van der Waals surface area (Å²) in [6.45, 7) is -2.58. The molecule has 2 aromatic heterocycles. The van der Waals surface area contributed by atoms with Crippen molar-refractivity contribution in [1.29, 1.82) is 0 Å². The van der Waals surface area contributed by atoms with Crippen molar-refractivity contribution in [1.82, 2.24) is 19.7 Å². The van der Waals surface area contributed by atoms with E-state index in [1.165, 1.54) is 43.4 Å². The smallest absolute Gasteiger partial charge is 0.319 e. The number of thioether (sulfide) groups is 1. The maximum absolute atomic E-state index is 12.7. The molecular formula is C13H16F2N4OS. The van der Waals surface area contributed by atoms with Crippen LogP contribution in [0.3, 0.4) is 0 Å². The summed E-state index contributed by atoms with van der Waals surface area (Å²) in [5.41, 5.74) is 0. The number of rotatable bonds is 5. The van der Waals surface area contributed by atoms with E-state index in [0.29, 0.717) is 22.9 Å². The molecule has 0 saturated heterocycles. The van der Waals surface area contributed by atoms with E-state index in [2.05, 4.69) is 15.2 Å². The molecule has 0 amide bonds. The molecule has 2 aromatic rings. The lowest BCUT2D eigenvalue weighted by atomic mass is 9.89. The van der Waals surface area contributed by atoms with E-state index in [4.69, 9.17) is 4.42 Å². The summed E-state index contributed by atoms with van der Waals surface area (Å²) in [6, 6.07) is 0. The summed E-state index contributed by atoms with van der Waals surface area (Å²) < 4.78 is 31.9. The van der Waals surface area contributed by atoms with Gasteiger partial charge in [-0.05, 0) is 12.8 Å². The minimum atomic E-state index is -2.58. The summed E-state index contributed by atoms with van der Waals surface area (Å²) >= 11 is 1.24. The van der Waals surface area contributed by atoms with Crippen molar-refractivity contribution in [3.63, 3.8) is 0 Å². The zero-order chi connectivity index (χ0) is 14.7. The van der Waals surface area contributed by atoms with Crippen LogP contribution in [0.25, 0.3) is 0 Å². The summed E-state index contributed by atoms with van der Waals surface area (Å²) in [5.74, 6) is 1.61. The van der Waals surface area contributed by atoms with Gasteiger partial charge in [0.05, 0.1) is 5.75 Å². The molecule has 0 unspecified atom stereocenters. The number of nitrogens with zero attached hydrogens (tertiary/aromatic N) is 4. The third-order valence-electron chi connectivity index (χ3n) is 3.66. The molecule has 3 rings (SSSR count). The van der Waals surface area contributed by atoms with Gasteiger partial charge >= 0.3 is 6.55 Å². The highest BCUT2D eigenvalue weighted by Crippen LogP contribution is 2.33. The fourth-order valence-corrected chi connectivity index (χ4v) is 3.27. The largest absolute Gasteiger partial charge is 0.416 e. The molecular weight excluding hydrogens is 298 g/mol. The highest BCUT2D eigenvalue weighted by Gasteiger charge is 2.21. The second kappa shape index (κ2) is 6.55. The summed E-state index contributed by atoms with van der Waals surface area (Å²) in [6.07, 6.45) is 8.46. The Kier molecular flexibility index (Phi) is 4.52. The average molecular weight is 314 g/mol. The van der Waals surface area contributed by atoms with Gasteiger partial charge < -0.3 is 4.42 Å². The SMILES string of the molecule is FC(F)n1ccnc1CSc1nnc(C2CCCCC2)o1. The van der Waals surface area contributed by atoms with E-state index in [9.17, 15) is 8.78 Å². The van der Waals surface area contributed by atoms with E-state index in [-0.39, 0.29) is 5.75 Å². The molecule has 1 aliphatic rings. The number of hydrogen-bond acceptors (Lipinski definition) is 5. The van der Waals surface area contributed by atoms with Gasteiger partial charge in [0.25, 0.3) is 5.22 Å². The van der Waals surface area contributed by atoms with Gasteiger partial charge in [-0.3, -0.25) is 4.57 Å². The average Bonchev–Trinajstić information content (AvgIpc) is 3.15. The minimum absolute atomic E-state index is 0.281. The standard InChI is InChI=1S/C13H16F2N4OS/c14-12(15)19-7-6-16-10(19)8-21-13-18-17-11(20-13)9-4-2-1-3-5-9/h6-7,9,12H,1-5,8H2. The first-order valence-corrected chi connectivity index (χ1v) is 7.98. The first kappa shape index (κ1) is 14.5. The number of aromatic nitrogens is 4. The van der Waals surface area contributed by atoms with E-state index in [0.717, 1.165) is 17.4 Å². The van der Waals surface area contributed by atoms with Gasteiger partial charge in [0.15, 0.2) is 0 Å². The van der Waals surface area contributed by atoms with Crippen LogP contribution in [0.15, 0.2) is 22.0 Å². The van der Waals surface area contributed by atoms with E-state index in [1.54, 1.807) is 0 Å². The topological polar surface area (TPSA) is 56.7 Å². The number of imidazole rings is 1. The second-order valence-electron chi connectivity index (χ2n) is 5.06. The van der Waals surface area contributed by atoms with Crippen LogP contribution in [0, 0.1) is 0 Å². The Morgan fingerprint density at radius 2 is 2.10 bits per heavy atom. The minimum Gasteiger partial charge on any atom is -0.416 e. The van der Waals surface area contributed by atoms with Gasteiger partial charge in [-0.25, -0.2) is 4.98 Å². The molecule has 0 bridgehead atoms. The van der Waals surface area contributed by atoms with Crippen LogP contribution in [0.4, 0.5) is 8.78 Å². The molecule has 0 aliphatic heterocycles. The van der Waals surface area contributed by atoms with Crippen LogP contribution in [0.1, 0.15) is 56.3 Å². The van der Waals surface area contributed by atoms with Gasteiger partial charge in [-0.2, -0.15) is 8.78 Å². The Labute approximate surface area is 125 Å². The third-order valence-corrected chi connectivity index (χ3v) is 4.47. The molecule has 21 heavy (non-hydrogen) atoms. The third kappa shape index (κ3) is 3.42. The second-order valence-corrected chi connectivity index (χ2v) is 5.98. The molecule has 0 aromatic carbocycles. The highest BCUT2D eigenvalue weighted by molar-refractivity contribution is 7.98. The van der Waals surface area contributed by atoms with Crippen molar-refractivity contribution in [3.05, 3.63) is 24.1 Å². The van der Waals surface area contributed by atoms with Gasteiger partial charge in [0, 0.05) is 18.3 Å². The van der Waals surface area contributed by atoms with Crippen LogP contribution in [0.2, 0.25) is 0 Å². The molecule has 0 spiro atoms. The van der Waals surface area contributed by atoms with Crippen LogP contribution in [0.5, 0.6) is 0 Å². The molecule has 0 radical (unpaired) electrons. The van der Waals surface area contributed by atoms with Gasteiger partial charge in [0.1, 0.15) is 5.82 Å². The van der Waals surface area contributed by atoms with Crippen molar-refractivity contribution in [2.75, 3.05) is 0 Å². The van der Waals surface area contributed by atoms with E-state index >= 15 is 0 Å². The molecule has 5 nitrogen and oxygen atoms in total. The van der Waals surface area contributed by atoms with Crippen LogP contribution in [-0.2, 0) is 5.75 Å². The Morgan fingerprint density at radius 3 is 2.86 bits per heavy atom. The Hall–Kier alpha value is -1.44. The molecule has 1 aliphatic carbocycles. The Morgan fingerprint density at radius 1 is 1.29 bits per heavy atom. The fourth-order valence-electron chi connectivity index (χ4n) is 2.55. The number of halogens is 2. The van der Waals surface area contributed by atoms with Crippen LogP contribution < -0.4 is 0 Å². The van der Waals surface area contributed by atoms with E-state index in [1.807, 2.05) is 0 Å². The quantitative estimate of drug-likeness (QED) is 0.781. The predicted octanol–water partition coefficient (Wildman–Crippen LogP) is 4.00. The highest BCUT2D eigenvalue weighted by atomic mass is 32.2. The first-order chi connectivity index (χ1) is 10.2. The maximum Gasteiger partial charge on any atom is 0.319 e. The normalized spacial score (nSPS) is 16.7. The zero-order valence-corrected chi connectivity index (χ0v) is 12.2. The van der Waals surface area contributed by atoms with Crippen molar-refractivity contribution in [2.24, 2.45) is 0 Å². The van der Waals surface area contributed by atoms with Crippen LogP contribution in [-0.4, -0.2) is 19.7 Å². The zero-order valence-electron chi connectivity index (χ0n) is 11.4. The summed E-state index contributed by atoms with van der Waals surface area (Å²) in [5, 5.41) is 8.49. The Balaban J connectivity index is 1.60. The first-order valence-electron chi connectivity index (χ1n) is 7.00. The van der Waals surface area contributed by atoms with Crippen molar-refractivity contribution >= 4 is 11.8 Å². The van der Waals surface area contributed by atoms with Crippen molar-refractivity contribution < 1.29 is 13.2 Å². The molecule has 114 valence electrons. The summed E-state index contributed by atoms with van der Waals surface area (Å²) in [7, 11) is 0. The Bertz CT molecular complexity index is 580. The number of alkyl halides is 2. The van der Waals surface area contributed by atoms with Crippen molar-refractivity contribution in [2.45, 2.75) is 55.5 Å². The molecule has 2 heterocycles. The predicted molar refractivity (Wildman–Crippen MR) is 73.2 cm³/mol. The molecule has 8 heteroatoms. The van der Waals surface area contributed by atoms with Gasteiger partial charge in [-0.1, -0.05) is 31.0 Å². The van der Waals surface area contributed by atoms with Crippen LogP contribution >= 0.6 is 11.8 Å². The lowest BCUT2D eigenvalue weighted by Gasteiger charge is -2.17. The monoisotopic (exact) mass is 314 g/mol.